The maximum atomic E-state index is 12.0. The second kappa shape index (κ2) is 17.0. The van der Waals surface area contributed by atoms with Crippen LogP contribution in [-0.2, 0) is 16.5 Å². The quantitative estimate of drug-likeness (QED) is 0.262. The lowest BCUT2D eigenvalue weighted by atomic mass is 10.1. The molecule has 5 rings (SSSR count). The third-order valence-corrected chi connectivity index (χ3v) is 8.33. The Balaban J connectivity index is 0.00000480. The van der Waals surface area contributed by atoms with Gasteiger partial charge in [-0.1, -0.05) is 24.3 Å². The number of aromatic nitrogens is 1. The van der Waals surface area contributed by atoms with Gasteiger partial charge in [0.05, 0.1) is 13.2 Å². The number of benzene rings is 2. The smallest absolute Gasteiger partial charge is 0.409 e. The van der Waals surface area contributed by atoms with E-state index in [1.54, 1.807) is 9.80 Å². The van der Waals surface area contributed by atoms with Gasteiger partial charge in [0.2, 0.25) is 11.4 Å². The van der Waals surface area contributed by atoms with Crippen molar-refractivity contribution in [3.05, 3.63) is 89.2 Å². The van der Waals surface area contributed by atoms with E-state index in [2.05, 4.69) is 112 Å². The summed E-state index contributed by atoms with van der Waals surface area (Å²) in [5, 5.41) is 0. The zero-order valence-corrected chi connectivity index (χ0v) is 29.1. The van der Waals surface area contributed by atoms with Gasteiger partial charge in [-0.15, -0.1) is 0 Å². The molecule has 2 aromatic carbocycles. The summed E-state index contributed by atoms with van der Waals surface area (Å²) >= 11 is 0. The van der Waals surface area contributed by atoms with Crippen LogP contribution in [0.25, 0.3) is 24.3 Å². The van der Waals surface area contributed by atoms with Crippen molar-refractivity contribution in [2.45, 2.75) is 13.8 Å². The first-order valence-electron chi connectivity index (χ1n) is 15.8. The molecule has 0 spiro atoms. The average molecular weight is 738 g/mol. The van der Waals surface area contributed by atoms with Crippen LogP contribution in [0.1, 0.15) is 36.4 Å². The van der Waals surface area contributed by atoms with E-state index in [-0.39, 0.29) is 36.2 Å². The van der Waals surface area contributed by atoms with Crippen molar-refractivity contribution >= 4 is 47.9 Å². The lowest BCUT2D eigenvalue weighted by Gasteiger charge is -2.35. The summed E-state index contributed by atoms with van der Waals surface area (Å²) in [5.74, 6) is 0. The number of hydrogen-bond acceptors (Lipinski definition) is 6. The molecule has 0 radical (unpaired) electrons. The van der Waals surface area contributed by atoms with E-state index in [0.29, 0.717) is 39.4 Å². The lowest BCUT2D eigenvalue weighted by molar-refractivity contribution is -0.675. The molecule has 2 saturated heterocycles. The van der Waals surface area contributed by atoms with Crippen LogP contribution < -0.4 is 38.3 Å². The molecule has 1 aromatic heterocycles. The molecular weight excluding hydrogens is 693 g/mol. The Kier molecular flexibility index (Phi) is 12.9. The van der Waals surface area contributed by atoms with Gasteiger partial charge in [-0.25, -0.2) is 9.59 Å². The van der Waals surface area contributed by atoms with E-state index in [4.69, 9.17) is 9.47 Å². The highest BCUT2D eigenvalue weighted by Gasteiger charge is 2.23. The normalized spacial score (nSPS) is 15.3. The monoisotopic (exact) mass is 737 g/mol. The van der Waals surface area contributed by atoms with Gasteiger partial charge in [-0.05, 0) is 67.5 Å². The molecule has 2 aliphatic heterocycles. The van der Waals surface area contributed by atoms with Gasteiger partial charge in [0.1, 0.15) is 7.05 Å². The molecule has 3 aromatic rings. The minimum atomic E-state index is -0.223. The van der Waals surface area contributed by atoms with Crippen molar-refractivity contribution in [1.82, 2.24) is 9.80 Å². The highest BCUT2D eigenvalue weighted by molar-refractivity contribution is 5.71. The molecule has 244 valence electrons. The van der Waals surface area contributed by atoms with Crippen molar-refractivity contribution in [2.24, 2.45) is 7.05 Å². The standard InChI is InChI=1S/C36H44N5O4.HI/c1-4-44-35(42)40-25-21-38(22-26-40)33-17-11-29(12-18-33)9-15-31-7-6-8-32(37(31)3)16-10-30-13-19-34(20-14-30)39-23-27-41(28-24-39)36(43)45-5-2;/h6-20H,4-5,21-28H2,1-3H3;1H/q+1;/p-1. The third kappa shape index (κ3) is 9.02. The topological polar surface area (TPSA) is 69.4 Å². The number of rotatable bonds is 8. The van der Waals surface area contributed by atoms with Crippen LogP contribution >= 0.6 is 0 Å². The molecule has 0 bridgehead atoms. The molecule has 0 saturated carbocycles. The number of carbonyl (C=O) groups is 2. The van der Waals surface area contributed by atoms with E-state index in [0.717, 1.165) is 60.1 Å². The van der Waals surface area contributed by atoms with Gasteiger partial charge in [0.25, 0.3) is 0 Å². The zero-order valence-electron chi connectivity index (χ0n) is 27.0. The molecule has 2 amide bonds. The molecule has 2 fully saturated rings. The number of ether oxygens (including phenoxy) is 2. The predicted octanol–water partition coefficient (Wildman–Crippen LogP) is 2.41. The van der Waals surface area contributed by atoms with E-state index in [9.17, 15) is 9.59 Å². The zero-order chi connectivity index (χ0) is 31.6. The summed E-state index contributed by atoms with van der Waals surface area (Å²) in [4.78, 5) is 32.1. The molecule has 10 heteroatoms. The summed E-state index contributed by atoms with van der Waals surface area (Å²) in [7, 11) is 2.08. The SMILES string of the molecule is CCOC(=O)N1CCN(c2ccc(/C=C\c3cccc(/C=C\c4ccc(N5CCN(C(=O)OCC)CC5)cc4)[n+]3C)cc2)CC1.[I-]. The first-order valence-corrected chi connectivity index (χ1v) is 15.8. The van der Waals surface area contributed by atoms with Gasteiger partial charge >= 0.3 is 12.2 Å². The summed E-state index contributed by atoms with van der Waals surface area (Å²) in [6, 6.07) is 23.4. The Morgan fingerprint density at radius 1 is 0.609 bits per heavy atom. The number of hydrogen-bond donors (Lipinski definition) is 0. The van der Waals surface area contributed by atoms with Crippen LogP contribution in [0.3, 0.4) is 0 Å². The molecule has 0 aliphatic carbocycles. The number of amides is 2. The fourth-order valence-electron chi connectivity index (χ4n) is 5.63. The molecule has 0 atom stereocenters. The van der Waals surface area contributed by atoms with Gasteiger partial charge in [0, 0.05) is 88.0 Å². The molecule has 9 nitrogen and oxygen atoms in total. The largest absolute Gasteiger partial charge is 1.00 e. The number of pyridine rings is 1. The van der Waals surface area contributed by atoms with Crippen molar-refractivity contribution in [3.8, 4) is 0 Å². The number of piperazine rings is 2. The summed E-state index contributed by atoms with van der Waals surface area (Å²) in [6.07, 6.45) is 8.11. The Morgan fingerprint density at radius 3 is 1.33 bits per heavy atom. The number of anilines is 2. The fraction of sp³-hybridized carbons (Fsp3) is 0.361. The molecule has 46 heavy (non-hydrogen) atoms. The second-order valence-corrected chi connectivity index (χ2v) is 11.1. The average Bonchev–Trinajstić information content (AvgIpc) is 3.08. The van der Waals surface area contributed by atoms with Crippen molar-refractivity contribution in [2.75, 3.05) is 75.4 Å². The highest BCUT2D eigenvalue weighted by atomic mass is 127. The summed E-state index contributed by atoms with van der Waals surface area (Å²) in [5.41, 5.74) is 6.80. The maximum Gasteiger partial charge on any atom is 0.409 e. The lowest BCUT2D eigenvalue weighted by Crippen LogP contribution is -3.00. The number of carbonyl (C=O) groups excluding carboxylic acids is 2. The van der Waals surface area contributed by atoms with Crippen LogP contribution in [0, 0.1) is 0 Å². The fourth-order valence-corrected chi connectivity index (χ4v) is 5.63. The van der Waals surface area contributed by atoms with Crippen LogP contribution in [0.5, 0.6) is 0 Å². The Labute approximate surface area is 289 Å². The van der Waals surface area contributed by atoms with E-state index < -0.39 is 0 Å². The first-order chi connectivity index (χ1) is 21.9. The van der Waals surface area contributed by atoms with Crippen molar-refractivity contribution in [3.63, 3.8) is 0 Å². The minimum absolute atomic E-state index is 0. The van der Waals surface area contributed by atoms with Crippen LogP contribution in [0.4, 0.5) is 21.0 Å². The summed E-state index contributed by atoms with van der Waals surface area (Å²) < 4.78 is 12.4. The third-order valence-electron chi connectivity index (χ3n) is 8.33. The second-order valence-electron chi connectivity index (χ2n) is 11.1. The maximum absolute atomic E-state index is 12.0. The van der Waals surface area contributed by atoms with E-state index >= 15 is 0 Å². The highest BCUT2D eigenvalue weighted by Crippen LogP contribution is 2.20. The predicted molar refractivity (Wildman–Crippen MR) is 180 cm³/mol. The van der Waals surface area contributed by atoms with Crippen molar-refractivity contribution in [1.29, 1.82) is 0 Å². The van der Waals surface area contributed by atoms with Gasteiger partial charge < -0.3 is 53.1 Å². The minimum Gasteiger partial charge on any atom is -1.00 e. The Hall–Kier alpha value is -4.06. The summed E-state index contributed by atoms with van der Waals surface area (Å²) in [6.45, 7) is 10.3. The first kappa shape index (κ1) is 34.8. The number of nitrogens with zero attached hydrogens (tertiary/aromatic N) is 5. The molecule has 3 heterocycles. The van der Waals surface area contributed by atoms with Gasteiger partial charge in [0.15, 0.2) is 0 Å². The van der Waals surface area contributed by atoms with Gasteiger partial charge in [-0.2, -0.15) is 4.57 Å². The van der Waals surface area contributed by atoms with Crippen LogP contribution in [0.15, 0.2) is 66.7 Å². The number of halogens is 1. The Bertz CT molecular complexity index is 1380. The molecule has 2 aliphatic rings. The molecule has 0 N–H and O–H groups in total. The van der Waals surface area contributed by atoms with E-state index in [1.807, 2.05) is 13.8 Å². The van der Waals surface area contributed by atoms with Crippen LogP contribution in [-0.4, -0.2) is 87.6 Å². The van der Waals surface area contributed by atoms with Gasteiger partial charge in [-0.3, -0.25) is 0 Å². The van der Waals surface area contributed by atoms with Crippen LogP contribution in [0.2, 0.25) is 0 Å². The molecule has 0 unspecified atom stereocenters. The Morgan fingerprint density at radius 2 is 0.978 bits per heavy atom. The molecular formula is C36H44IN5O4. The van der Waals surface area contributed by atoms with E-state index in [1.165, 1.54) is 0 Å². The van der Waals surface area contributed by atoms with Crippen molar-refractivity contribution < 1.29 is 47.6 Å².